The van der Waals surface area contributed by atoms with Crippen LogP contribution in [-0.2, 0) is 22.9 Å². The lowest BCUT2D eigenvalue weighted by molar-refractivity contribution is 0.102. The molecule has 2 N–H and O–H groups in total. The molecule has 0 aliphatic heterocycles. The lowest BCUT2D eigenvalue weighted by Gasteiger charge is -2.19. The van der Waals surface area contributed by atoms with Gasteiger partial charge in [-0.05, 0) is 59.0 Å². The van der Waals surface area contributed by atoms with Crippen LogP contribution in [-0.4, -0.2) is 36.8 Å². The molecule has 30 heavy (non-hydrogen) atoms. The second-order valence-electron chi connectivity index (χ2n) is 7.33. The SMILES string of the molecule is CCN(CC)S(=O)(=O)c1ccc(O)c(NC(=O)c2ccc3c4c(cccc24)CC3)c1. The summed E-state index contributed by atoms with van der Waals surface area (Å²) in [6.45, 7) is 4.20. The number of phenols is 1. The number of aromatic hydroxyl groups is 1. The Kier molecular flexibility index (Phi) is 5.26. The van der Waals surface area contributed by atoms with E-state index in [0.29, 0.717) is 18.7 Å². The Hall–Kier alpha value is -2.90. The molecular formula is C23H24N2O4S. The van der Waals surface area contributed by atoms with Gasteiger partial charge in [0.15, 0.2) is 0 Å². The number of phenolic OH excluding ortho intramolecular Hbond substituents is 1. The summed E-state index contributed by atoms with van der Waals surface area (Å²) in [6, 6.07) is 13.6. The molecule has 0 aromatic heterocycles. The second-order valence-corrected chi connectivity index (χ2v) is 9.27. The first-order valence-electron chi connectivity index (χ1n) is 10.0. The molecule has 0 spiro atoms. The first-order valence-corrected chi connectivity index (χ1v) is 11.5. The summed E-state index contributed by atoms with van der Waals surface area (Å²) in [7, 11) is -3.71. The van der Waals surface area contributed by atoms with Gasteiger partial charge in [-0.2, -0.15) is 4.31 Å². The first-order chi connectivity index (χ1) is 14.4. The summed E-state index contributed by atoms with van der Waals surface area (Å²) in [5.74, 6) is -0.578. The third-order valence-electron chi connectivity index (χ3n) is 5.68. The van der Waals surface area contributed by atoms with Crippen LogP contribution in [0.15, 0.2) is 53.4 Å². The van der Waals surface area contributed by atoms with Crippen LogP contribution < -0.4 is 5.32 Å². The fourth-order valence-corrected chi connectivity index (χ4v) is 5.61. The Morgan fingerprint density at radius 2 is 1.73 bits per heavy atom. The number of benzene rings is 3. The molecule has 0 bridgehead atoms. The molecule has 3 aromatic rings. The number of aryl methyl sites for hydroxylation is 2. The van der Waals surface area contributed by atoms with E-state index < -0.39 is 15.9 Å². The Balaban J connectivity index is 1.71. The van der Waals surface area contributed by atoms with Crippen LogP contribution in [0.3, 0.4) is 0 Å². The number of hydrogen-bond acceptors (Lipinski definition) is 4. The molecule has 0 fully saturated rings. The molecule has 156 valence electrons. The fraction of sp³-hybridized carbons (Fsp3) is 0.261. The third-order valence-corrected chi connectivity index (χ3v) is 7.73. The Morgan fingerprint density at radius 3 is 2.43 bits per heavy atom. The van der Waals surface area contributed by atoms with Gasteiger partial charge in [0.2, 0.25) is 10.0 Å². The van der Waals surface area contributed by atoms with Crippen molar-refractivity contribution in [2.45, 2.75) is 31.6 Å². The highest BCUT2D eigenvalue weighted by molar-refractivity contribution is 7.89. The minimum atomic E-state index is -3.71. The van der Waals surface area contributed by atoms with Crippen LogP contribution in [0.1, 0.15) is 35.3 Å². The summed E-state index contributed by atoms with van der Waals surface area (Å²) in [6.07, 6.45) is 1.92. The van der Waals surface area contributed by atoms with E-state index in [4.69, 9.17) is 0 Å². The number of carbonyl (C=O) groups is 1. The van der Waals surface area contributed by atoms with Crippen molar-refractivity contribution < 1.29 is 18.3 Å². The molecular weight excluding hydrogens is 400 g/mol. The molecule has 0 saturated carbocycles. The van der Waals surface area contributed by atoms with E-state index in [9.17, 15) is 18.3 Å². The van der Waals surface area contributed by atoms with Crippen molar-refractivity contribution in [3.05, 3.63) is 65.2 Å². The summed E-state index contributed by atoms with van der Waals surface area (Å²) in [5, 5.41) is 14.9. The molecule has 1 amide bonds. The number of rotatable bonds is 6. The van der Waals surface area contributed by atoms with Crippen molar-refractivity contribution in [3.63, 3.8) is 0 Å². The molecule has 6 nitrogen and oxygen atoms in total. The highest BCUT2D eigenvalue weighted by atomic mass is 32.2. The van der Waals surface area contributed by atoms with Crippen LogP contribution in [0.2, 0.25) is 0 Å². The van der Waals surface area contributed by atoms with Gasteiger partial charge in [-0.3, -0.25) is 4.79 Å². The van der Waals surface area contributed by atoms with Gasteiger partial charge in [0.05, 0.1) is 10.6 Å². The van der Waals surface area contributed by atoms with Gasteiger partial charge in [0.1, 0.15) is 5.75 Å². The zero-order valence-electron chi connectivity index (χ0n) is 17.0. The summed E-state index contributed by atoms with van der Waals surface area (Å²) < 4.78 is 26.9. The smallest absolute Gasteiger partial charge is 0.256 e. The molecule has 0 unspecified atom stereocenters. The van der Waals surface area contributed by atoms with Crippen LogP contribution in [0.4, 0.5) is 5.69 Å². The zero-order chi connectivity index (χ0) is 21.5. The number of amides is 1. The molecule has 1 aliphatic carbocycles. The van der Waals surface area contributed by atoms with Crippen molar-refractivity contribution >= 4 is 32.4 Å². The van der Waals surface area contributed by atoms with Gasteiger partial charge in [0.25, 0.3) is 5.91 Å². The summed E-state index contributed by atoms with van der Waals surface area (Å²) in [4.78, 5) is 13.1. The maximum atomic E-state index is 13.0. The minimum Gasteiger partial charge on any atom is -0.506 e. The average Bonchev–Trinajstić information content (AvgIpc) is 3.15. The van der Waals surface area contributed by atoms with Crippen molar-refractivity contribution in [1.29, 1.82) is 0 Å². The molecule has 0 saturated heterocycles. The highest BCUT2D eigenvalue weighted by Gasteiger charge is 2.24. The van der Waals surface area contributed by atoms with E-state index >= 15 is 0 Å². The van der Waals surface area contributed by atoms with Crippen molar-refractivity contribution in [1.82, 2.24) is 4.31 Å². The van der Waals surface area contributed by atoms with E-state index in [1.165, 1.54) is 33.6 Å². The van der Waals surface area contributed by atoms with Crippen LogP contribution in [0.5, 0.6) is 5.75 Å². The molecule has 0 atom stereocenters. The van der Waals surface area contributed by atoms with Gasteiger partial charge in [-0.1, -0.05) is 38.1 Å². The topological polar surface area (TPSA) is 86.7 Å². The quantitative estimate of drug-likeness (QED) is 0.587. The maximum Gasteiger partial charge on any atom is 0.256 e. The normalized spacial score (nSPS) is 13.2. The third kappa shape index (κ3) is 3.34. The number of sulfonamides is 1. The van der Waals surface area contributed by atoms with Gasteiger partial charge in [-0.25, -0.2) is 8.42 Å². The van der Waals surface area contributed by atoms with E-state index in [-0.39, 0.29) is 16.3 Å². The minimum absolute atomic E-state index is 0.0275. The molecule has 1 aliphatic rings. The van der Waals surface area contributed by atoms with Crippen LogP contribution >= 0.6 is 0 Å². The molecule has 3 aromatic carbocycles. The number of hydrogen-bond donors (Lipinski definition) is 2. The second kappa shape index (κ2) is 7.74. The first kappa shape index (κ1) is 20.4. The van der Waals surface area contributed by atoms with E-state index in [1.54, 1.807) is 19.9 Å². The fourth-order valence-electron chi connectivity index (χ4n) is 4.12. The van der Waals surface area contributed by atoms with E-state index in [2.05, 4.69) is 11.4 Å². The number of anilines is 1. The Labute approximate surface area is 176 Å². The predicted molar refractivity (Wildman–Crippen MR) is 118 cm³/mol. The van der Waals surface area contributed by atoms with Crippen LogP contribution in [0, 0.1) is 0 Å². The van der Waals surface area contributed by atoms with Gasteiger partial charge in [0, 0.05) is 18.7 Å². The Morgan fingerprint density at radius 1 is 1.03 bits per heavy atom. The molecule has 0 radical (unpaired) electrons. The van der Waals surface area contributed by atoms with Crippen molar-refractivity contribution in [2.75, 3.05) is 18.4 Å². The predicted octanol–water partition coefficient (Wildman–Crippen LogP) is 3.93. The lowest BCUT2D eigenvalue weighted by atomic mass is 9.99. The molecule has 7 heteroatoms. The number of carbonyl (C=O) groups excluding carboxylic acids is 1. The van der Waals surface area contributed by atoms with E-state index in [0.717, 1.165) is 23.6 Å². The zero-order valence-corrected chi connectivity index (χ0v) is 17.8. The molecule has 4 rings (SSSR count). The Bertz CT molecular complexity index is 1240. The standard InChI is InChI=1S/C23H24N2O4S/c1-3-25(4-2)30(28,29)17-11-13-21(26)20(14-17)24-23(27)19-12-10-16-9-8-15-6-5-7-18(19)22(15)16/h5-7,10-14,26H,3-4,8-9H2,1-2H3,(H,24,27). The maximum absolute atomic E-state index is 13.0. The largest absolute Gasteiger partial charge is 0.506 e. The highest BCUT2D eigenvalue weighted by Crippen LogP contribution is 2.34. The number of nitrogens with one attached hydrogen (secondary N) is 1. The van der Waals surface area contributed by atoms with Gasteiger partial charge >= 0.3 is 0 Å². The van der Waals surface area contributed by atoms with Crippen molar-refractivity contribution in [3.8, 4) is 5.75 Å². The van der Waals surface area contributed by atoms with Crippen LogP contribution in [0.25, 0.3) is 10.8 Å². The average molecular weight is 425 g/mol. The summed E-state index contributed by atoms with van der Waals surface area (Å²) in [5.41, 5.74) is 3.02. The van der Waals surface area contributed by atoms with E-state index in [1.807, 2.05) is 18.2 Å². The molecule has 0 heterocycles. The number of nitrogens with zero attached hydrogens (tertiary/aromatic N) is 1. The monoisotopic (exact) mass is 424 g/mol. The van der Waals surface area contributed by atoms with Gasteiger partial charge in [-0.15, -0.1) is 0 Å². The lowest BCUT2D eigenvalue weighted by Crippen LogP contribution is -2.30. The van der Waals surface area contributed by atoms with Crippen molar-refractivity contribution in [2.24, 2.45) is 0 Å². The summed E-state index contributed by atoms with van der Waals surface area (Å²) >= 11 is 0. The van der Waals surface area contributed by atoms with Gasteiger partial charge < -0.3 is 10.4 Å².